The summed E-state index contributed by atoms with van der Waals surface area (Å²) < 4.78 is 0. The van der Waals surface area contributed by atoms with Gasteiger partial charge in [-0.1, -0.05) is 52.9 Å². The number of aromatic amines is 1. The standard InChI is InChI=1S/C14H26N2/c1-4-6-8-11-14(3,10-7-5-2)13-9-12-15-16-13/h9,12H,4-8,10-11H2,1-3H3,(H,15,16). The Bertz CT molecular complexity index is 266. The van der Waals surface area contributed by atoms with Crippen molar-refractivity contribution in [2.24, 2.45) is 0 Å². The molecule has 0 aliphatic carbocycles. The third kappa shape index (κ3) is 3.66. The predicted molar refractivity (Wildman–Crippen MR) is 69.6 cm³/mol. The summed E-state index contributed by atoms with van der Waals surface area (Å²) in [4.78, 5) is 0. The maximum atomic E-state index is 4.39. The second-order valence-corrected chi connectivity index (χ2v) is 5.08. The lowest BCUT2D eigenvalue weighted by Gasteiger charge is -2.27. The number of aromatic nitrogens is 2. The topological polar surface area (TPSA) is 28.7 Å². The van der Waals surface area contributed by atoms with E-state index in [1.807, 2.05) is 6.20 Å². The number of hydrogen-bond acceptors (Lipinski definition) is 1. The van der Waals surface area contributed by atoms with Crippen LogP contribution >= 0.6 is 0 Å². The molecule has 1 aromatic heterocycles. The van der Waals surface area contributed by atoms with E-state index in [4.69, 9.17) is 0 Å². The van der Waals surface area contributed by atoms with E-state index in [0.717, 1.165) is 0 Å². The Hall–Kier alpha value is -0.790. The Morgan fingerprint density at radius 2 is 1.81 bits per heavy atom. The molecule has 0 saturated heterocycles. The molecule has 2 nitrogen and oxygen atoms in total. The second-order valence-electron chi connectivity index (χ2n) is 5.08. The number of nitrogens with one attached hydrogen (secondary N) is 1. The van der Waals surface area contributed by atoms with Crippen LogP contribution in [0.25, 0.3) is 0 Å². The quantitative estimate of drug-likeness (QED) is 0.647. The van der Waals surface area contributed by atoms with Gasteiger partial charge in [-0.25, -0.2) is 0 Å². The van der Waals surface area contributed by atoms with Crippen molar-refractivity contribution in [3.8, 4) is 0 Å². The maximum Gasteiger partial charge on any atom is 0.0680 e. The van der Waals surface area contributed by atoms with Gasteiger partial charge in [0, 0.05) is 11.6 Å². The van der Waals surface area contributed by atoms with Crippen LogP contribution < -0.4 is 0 Å². The van der Waals surface area contributed by atoms with E-state index >= 15 is 0 Å². The molecule has 0 saturated carbocycles. The molecule has 0 spiro atoms. The van der Waals surface area contributed by atoms with Gasteiger partial charge in [-0.3, -0.25) is 5.10 Å². The van der Waals surface area contributed by atoms with E-state index in [1.54, 1.807) is 0 Å². The molecule has 0 aliphatic rings. The fourth-order valence-electron chi connectivity index (χ4n) is 2.31. The summed E-state index contributed by atoms with van der Waals surface area (Å²) >= 11 is 0. The first-order valence-electron chi connectivity index (χ1n) is 6.73. The molecule has 1 heterocycles. The second kappa shape index (κ2) is 6.72. The lowest BCUT2D eigenvalue weighted by molar-refractivity contribution is 0.361. The fraction of sp³-hybridized carbons (Fsp3) is 0.786. The summed E-state index contributed by atoms with van der Waals surface area (Å²) in [5.41, 5.74) is 1.53. The van der Waals surface area contributed by atoms with E-state index in [9.17, 15) is 0 Å². The van der Waals surface area contributed by atoms with E-state index in [-0.39, 0.29) is 5.41 Å². The Balaban J connectivity index is 2.60. The van der Waals surface area contributed by atoms with Gasteiger partial charge in [0.15, 0.2) is 0 Å². The van der Waals surface area contributed by atoms with Crippen LogP contribution in [0.3, 0.4) is 0 Å². The molecule has 1 atom stereocenters. The number of unbranched alkanes of at least 4 members (excludes halogenated alkanes) is 3. The van der Waals surface area contributed by atoms with Crippen molar-refractivity contribution in [1.82, 2.24) is 10.2 Å². The molecule has 2 heteroatoms. The largest absolute Gasteiger partial charge is 0.285 e. The molecule has 0 amide bonds. The summed E-state index contributed by atoms with van der Waals surface area (Å²) in [6.45, 7) is 6.89. The molecule has 0 radical (unpaired) electrons. The maximum absolute atomic E-state index is 4.39. The highest BCUT2D eigenvalue weighted by atomic mass is 15.1. The normalized spacial score (nSPS) is 14.9. The molecular formula is C14H26N2. The minimum absolute atomic E-state index is 0.283. The lowest BCUT2D eigenvalue weighted by Crippen LogP contribution is -2.22. The van der Waals surface area contributed by atoms with Gasteiger partial charge in [-0.2, -0.15) is 5.10 Å². The summed E-state index contributed by atoms with van der Waals surface area (Å²) in [6.07, 6.45) is 11.0. The molecule has 0 bridgehead atoms. The molecule has 1 unspecified atom stereocenters. The number of hydrogen-bond donors (Lipinski definition) is 1. The van der Waals surface area contributed by atoms with Crippen molar-refractivity contribution < 1.29 is 0 Å². The number of nitrogens with zero attached hydrogens (tertiary/aromatic N) is 1. The van der Waals surface area contributed by atoms with E-state index in [0.29, 0.717) is 0 Å². The first-order chi connectivity index (χ1) is 7.73. The molecule has 0 aromatic carbocycles. The minimum Gasteiger partial charge on any atom is -0.285 e. The number of H-pyrrole nitrogens is 1. The van der Waals surface area contributed by atoms with E-state index < -0.39 is 0 Å². The summed E-state index contributed by atoms with van der Waals surface area (Å²) in [7, 11) is 0. The van der Waals surface area contributed by atoms with Crippen molar-refractivity contribution in [2.45, 2.75) is 71.1 Å². The van der Waals surface area contributed by atoms with Crippen LogP contribution in [0.5, 0.6) is 0 Å². The van der Waals surface area contributed by atoms with Crippen molar-refractivity contribution in [3.05, 3.63) is 18.0 Å². The zero-order chi connectivity index (χ0) is 11.9. The highest BCUT2D eigenvalue weighted by molar-refractivity contribution is 5.12. The minimum atomic E-state index is 0.283. The average molecular weight is 222 g/mol. The third-order valence-electron chi connectivity index (χ3n) is 3.53. The van der Waals surface area contributed by atoms with Crippen molar-refractivity contribution in [3.63, 3.8) is 0 Å². The van der Waals surface area contributed by atoms with Crippen LogP contribution in [0.2, 0.25) is 0 Å². The van der Waals surface area contributed by atoms with Crippen LogP contribution in [0.1, 0.15) is 71.4 Å². The Labute approximate surface area is 99.8 Å². The monoisotopic (exact) mass is 222 g/mol. The van der Waals surface area contributed by atoms with Gasteiger partial charge in [0.1, 0.15) is 0 Å². The van der Waals surface area contributed by atoms with Gasteiger partial charge in [0.25, 0.3) is 0 Å². The summed E-state index contributed by atoms with van der Waals surface area (Å²) in [5, 5.41) is 7.35. The molecule has 1 rings (SSSR count). The van der Waals surface area contributed by atoms with Crippen molar-refractivity contribution in [2.75, 3.05) is 0 Å². The average Bonchev–Trinajstić information content (AvgIpc) is 2.81. The highest BCUT2D eigenvalue weighted by Crippen LogP contribution is 2.33. The zero-order valence-corrected chi connectivity index (χ0v) is 11.1. The summed E-state index contributed by atoms with van der Waals surface area (Å²) in [6, 6.07) is 2.14. The van der Waals surface area contributed by atoms with Crippen LogP contribution in [0.4, 0.5) is 0 Å². The van der Waals surface area contributed by atoms with Gasteiger partial charge in [0.2, 0.25) is 0 Å². The van der Waals surface area contributed by atoms with Gasteiger partial charge in [0.05, 0.1) is 5.69 Å². The van der Waals surface area contributed by atoms with Gasteiger partial charge < -0.3 is 0 Å². The third-order valence-corrected chi connectivity index (χ3v) is 3.53. The Morgan fingerprint density at radius 1 is 1.12 bits per heavy atom. The van der Waals surface area contributed by atoms with Crippen LogP contribution in [-0.2, 0) is 5.41 Å². The molecule has 0 aliphatic heterocycles. The van der Waals surface area contributed by atoms with E-state index in [2.05, 4.69) is 37.0 Å². The van der Waals surface area contributed by atoms with Crippen LogP contribution in [0.15, 0.2) is 12.3 Å². The van der Waals surface area contributed by atoms with Crippen LogP contribution in [-0.4, -0.2) is 10.2 Å². The fourth-order valence-corrected chi connectivity index (χ4v) is 2.31. The molecule has 1 N–H and O–H groups in total. The molecular weight excluding hydrogens is 196 g/mol. The molecule has 92 valence electrons. The first-order valence-corrected chi connectivity index (χ1v) is 6.73. The highest BCUT2D eigenvalue weighted by Gasteiger charge is 2.27. The zero-order valence-electron chi connectivity index (χ0n) is 11.1. The van der Waals surface area contributed by atoms with Crippen LogP contribution in [0, 0.1) is 0 Å². The van der Waals surface area contributed by atoms with Gasteiger partial charge in [-0.15, -0.1) is 0 Å². The molecule has 16 heavy (non-hydrogen) atoms. The van der Waals surface area contributed by atoms with Gasteiger partial charge in [-0.05, 0) is 18.9 Å². The Morgan fingerprint density at radius 3 is 2.38 bits per heavy atom. The Kier molecular flexibility index (Phi) is 5.58. The van der Waals surface area contributed by atoms with Crippen molar-refractivity contribution in [1.29, 1.82) is 0 Å². The van der Waals surface area contributed by atoms with E-state index in [1.165, 1.54) is 50.6 Å². The summed E-state index contributed by atoms with van der Waals surface area (Å²) in [5.74, 6) is 0. The lowest BCUT2D eigenvalue weighted by atomic mass is 9.77. The number of rotatable bonds is 8. The predicted octanol–water partition coefficient (Wildman–Crippen LogP) is 4.44. The molecule has 1 aromatic rings. The first kappa shape index (κ1) is 13.3. The van der Waals surface area contributed by atoms with Gasteiger partial charge >= 0.3 is 0 Å². The smallest absolute Gasteiger partial charge is 0.0680 e. The SMILES string of the molecule is CCCCCC(C)(CCCC)c1cc[nH]n1. The molecule has 0 fully saturated rings. The van der Waals surface area contributed by atoms with Crippen molar-refractivity contribution >= 4 is 0 Å².